The van der Waals surface area contributed by atoms with Gasteiger partial charge < -0.3 is 16.4 Å². The Morgan fingerprint density at radius 2 is 1.75 bits per heavy atom. The number of rotatable bonds is 4. The Hall–Kier alpha value is -1.10. The van der Waals surface area contributed by atoms with E-state index in [1.54, 1.807) is 20.9 Å². The van der Waals surface area contributed by atoms with Crippen molar-refractivity contribution in [3.05, 3.63) is 0 Å². The minimum atomic E-state index is -0.617. The molecule has 2 amide bonds. The highest BCUT2D eigenvalue weighted by molar-refractivity contribution is 5.88. The third-order valence-corrected chi connectivity index (χ3v) is 1.61. The third-order valence-electron chi connectivity index (χ3n) is 1.61. The van der Waals surface area contributed by atoms with Crippen molar-refractivity contribution < 1.29 is 9.59 Å². The molecule has 12 heavy (non-hydrogen) atoms. The van der Waals surface area contributed by atoms with Crippen molar-refractivity contribution in [3.63, 3.8) is 0 Å². The molecule has 0 fully saturated rings. The highest BCUT2D eigenvalue weighted by Crippen LogP contribution is 1.83. The Balaban J connectivity index is 3.92. The maximum atomic E-state index is 11.1. The van der Waals surface area contributed by atoms with E-state index in [2.05, 4.69) is 10.6 Å². The van der Waals surface area contributed by atoms with Crippen LogP contribution < -0.4 is 16.4 Å². The number of primary amides is 1. The van der Waals surface area contributed by atoms with Crippen molar-refractivity contribution in [2.24, 2.45) is 5.73 Å². The number of nitrogens with two attached hydrogens (primary N) is 1. The van der Waals surface area contributed by atoms with Crippen LogP contribution in [0.2, 0.25) is 0 Å². The van der Waals surface area contributed by atoms with Gasteiger partial charge in [0.1, 0.15) is 6.04 Å². The zero-order valence-electron chi connectivity index (χ0n) is 7.55. The van der Waals surface area contributed by atoms with E-state index in [0.717, 1.165) is 0 Å². The van der Waals surface area contributed by atoms with Gasteiger partial charge in [-0.3, -0.25) is 9.59 Å². The lowest BCUT2D eigenvalue weighted by Crippen LogP contribution is -2.48. The fourth-order valence-corrected chi connectivity index (χ4v) is 0.541. The summed E-state index contributed by atoms with van der Waals surface area (Å²) in [4.78, 5) is 21.6. The Morgan fingerprint density at radius 3 is 2.08 bits per heavy atom. The van der Waals surface area contributed by atoms with E-state index in [4.69, 9.17) is 5.73 Å². The minimum absolute atomic E-state index is 0.233. The van der Waals surface area contributed by atoms with Crippen molar-refractivity contribution in [2.75, 3.05) is 7.05 Å². The standard InChI is InChI=1S/C7H15N3O2/c1-4(6(8)11)10-7(12)5(2)9-3/h4-5,9H,1-3H3,(H2,8,11)(H,10,12). The van der Waals surface area contributed by atoms with E-state index in [-0.39, 0.29) is 11.9 Å². The molecule has 0 saturated heterocycles. The molecule has 5 nitrogen and oxygen atoms in total. The first-order chi connectivity index (χ1) is 5.49. The van der Waals surface area contributed by atoms with E-state index in [0.29, 0.717) is 0 Å². The summed E-state index contributed by atoms with van der Waals surface area (Å²) in [7, 11) is 1.67. The second-order valence-corrected chi connectivity index (χ2v) is 2.64. The molecule has 0 saturated carbocycles. The molecule has 0 aromatic rings. The summed E-state index contributed by atoms with van der Waals surface area (Å²) in [6.07, 6.45) is 0. The Labute approximate surface area is 71.7 Å². The molecule has 70 valence electrons. The summed E-state index contributed by atoms with van der Waals surface area (Å²) in [5.74, 6) is -0.768. The van der Waals surface area contributed by atoms with E-state index >= 15 is 0 Å². The second-order valence-electron chi connectivity index (χ2n) is 2.64. The van der Waals surface area contributed by atoms with Gasteiger partial charge in [0.25, 0.3) is 0 Å². The lowest BCUT2D eigenvalue weighted by molar-refractivity contribution is -0.127. The van der Waals surface area contributed by atoms with Gasteiger partial charge in [0.2, 0.25) is 11.8 Å². The predicted molar refractivity (Wildman–Crippen MR) is 45.3 cm³/mol. The zero-order valence-corrected chi connectivity index (χ0v) is 7.55. The van der Waals surface area contributed by atoms with Crippen molar-refractivity contribution in [1.29, 1.82) is 0 Å². The van der Waals surface area contributed by atoms with Crippen molar-refractivity contribution >= 4 is 11.8 Å². The first kappa shape index (κ1) is 10.9. The van der Waals surface area contributed by atoms with Gasteiger partial charge in [-0.25, -0.2) is 0 Å². The predicted octanol–water partition coefficient (Wildman–Crippen LogP) is -1.42. The third kappa shape index (κ3) is 3.34. The molecule has 0 spiro atoms. The molecule has 5 heteroatoms. The SMILES string of the molecule is CNC(C)C(=O)NC(C)C(N)=O. The normalized spacial score (nSPS) is 14.9. The van der Waals surface area contributed by atoms with Crippen LogP contribution in [0.15, 0.2) is 0 Å². The molecule has 0 radical (unpaired) electrons. The minimum Gasteiger partial charge on any atom is -0.368 e. The van der Waals surface area contributed by atoms with E-state index in [9.17, 15) is 9.59 Å². The number of nitrogens with one attached hydrogen (secondary N) is 2. The van der Waals surface area contributed by atoms with Crippen molar-refractivity contribution in [2.45, 2.75) is 25.9 Å². The number of hydrogen-bond acceptors (Lipinski definition) is 3. The molecular weight excluding hydrogens is 158 g/mol. The van der Waals surface area contributed by atoms with Crippen molar-refractivity contribution in [1.82, 2.24) is 10.6 Å². The van der Waals surface area contributed by atoms with Crippen LogP contribution in [0.1, 0.15) is 13.8 Å². The number of carbonyl (C=O) groups excluding carboxylic acids is 2. The van der Waals surface area contributed by atoms with Crippen molar-refractivity contribution in [3.8, 4) is 0 Å². The van der Waals surface area contributed by atoms with Gasteiger partial charge in [-0.1, -0.05) is 0 Å². The number of carbonyl (C=O) groups is 2. The fraction of sp³-hybridized carbons (Fsp3) is 0.714. The molecule has 0 bridgehead atoms. The van der Waals surface area contributed by atoms with Crippen LogP contribution in [-0.2, 0) is 9.59 Å². The smallest absolute Gasteiger partial charge is 0.239 e. The van der Waals surface area contributed by atoms with Gasteiger partial charge in [-0.15, -0.1) is 0 Å². The zero-order chi connectivity index (χ0) is 9.72. The second kappa shape index (κ2) is 4.71. The Kier molecular flexibility index (Phi) is 4.28. The van der Waals surface area contributed by atoms with Crippen LogP contribution in [0.3, 0.4) is 0 Å². The van der Waals surface area contributed by atoms with E-state index in [1.807, 2.05) is 0 Å². The maximum absolute atomic E-state index is 11.1. The number of hydrogen-bond donors (Lipinski definition) is 3. The molecule has 0 rings (SSSR count). The molecule has 0 aliphatic carbocycles. The first-order valence-electron chi connectivity index (χ1n) is 3.76. The van der Waals surface area contributed by atoms with Gasteiger partial charge in [-0.2, -0.15) is 0 Å². The highest BCUT2D eigenvalue weighted by atomic mass is 16.2. The molecular formula is C7H15N3O2. The maximum Gasteiger partial charge on any atom is 0.239 e. The van der Waals surface area contributed by atoms with Crippen LogP contribution >= 0.6 is 0 Å². The largest absolute Gasteiger partial charge is 0.368 e. The fourth-order valence-electron chi connectivity index (χ4n) is 0.541. The van der Waals surface area contributed by atoms with Crippen LogP contribution in [0.5, 0.6) is 0 Å². The molecule has 0 heterocycles. The molecule has 0 aromatic carbocycles. The topological polar surface area (TPSA) is 84.2 Å². The van der Waals surface area contributed by atoms with Crippen LogP contribution in [-0.4, -0.2) is 30.9 Å². The average Bonchev–Trinajstić information content (AvgIpc) is 2.02. The Bertz CT molecular complexity index is 181. The summed E-state index contributed by atoms with van der Waals surface area (Å²) < 4.78 is 0. The quantitative estimate of drug-likeness (QED) is 0.488. The lowest BCUT2D eigenvalue weighted by Gasteiger charge is -2.14. The summed E-state index contributed by atoms with van der Waals surface area (Å²) >= 11 is 0. The van der Waals surface area contributed by atoms with Gasteiger partial charge >= 0.3 is 0 Å². The summed E-state index contributed by atoms with van der Waals surface area (Å²) in [6.45, 7) is 3.24. The lowest BCUT2D eigenvalue weighted by atomic mass is 10.2. The van der Waals surface area contributed by atoms with Gasteiger partial charge in [-0.05, 0) is 20.9 Å². The van der Waals surface area contributed by atoms with Gasteiger partial charge in [0, 0.05) is 0 Å². The summed E-state index contributed by atoms with van der Waals surface area (Å²) in [5.41, 5.74) is 4.95. The van der Waals surface area contributed by atoms with E-state index < -0.39 is 11.9 Å². The first-order valence-corrected chi connectivity index (χ1v) is 3.76. The number of likely N-dealkylation sites (N-methyl/N-ethyl adjacent to an activating group) is 1. The van der Waals surface area contributed by atoms with E-state index in [1.165, 1.54) is 0 Å². The molecule has 2 atom stereocenters. The van der Waals surface area contributed by atoms with Crippen LogP contribution in [0.25, 0.3) is 0 Å². The molecule has 2 unspecified atom stereocenters. The average molecular weight is 173 g/mol. The summed E-state index contributed by atoms with van der Waals surface area (Å²) in [6, 6.07) is -0.930. The van der Waals surface area contributed by atoms with Crippen LogP contribution in [0.4, 0.5) is 0 Å². The Morgan fingerprint density at radius 1 is 1.25 bits per heavy atom. The monoisotopic (exact) mass is 173 g/mol. The van der Waals surface area contributed by atoms with Crippen LogP contribution in [0, 0.1) is 0 Å². The molecule has 0 aliphatic heterocycles. The molecule has 4 N–H and O–H groups in total. The number of amides is 2. The summed E-state index contributed by atoms with van der Waals surface area (Å²) in [5, 5.41) is 5.20. The van der Waals surface area contributed by atoms with Gasteiger partial charge in [0.05, 0.1) is 6.04 Å². The molecule has 0 aromatic heterocycles. The molecule has 0 aliphatic rings. The highest BCUT2D eigenvalue weighted by Gasteiger charge is 2.15. The van der Waals surface area contributed by atoms with Gasteiger partial charge in [0.15, 0.2) is 0 Å².